The van der Waals surface area contributed by atoms with Gasteiger partial charge < -0.3 is 14.5 Å². The highest BCUT2D eigenvalue weighted by molar-refractivity contribution is 5.95. The fraction of sp³-hybridized carbons (Fsp3) is 0.308. The number of hydrogen-bond acceptors (Lipinski definition) is 4. The van der Waals surface area contributed by atoms with Crippen molar-refractivity contribution < 1.29 is 9.30 Å². The summed E-state index contributed by atoms with van der Waals surface area (Å²) in [7, 11) is 0. The molecular formula is C26H30N5O+. The molecule has 4 aromatic rings. The van der Waals surface area contributed by atoms with Crippen LogP contribution in [-0.2, 0) is 6.54 Å². The van der Waals surface area contributed by atoms with E-state index in [1.807, 2.05) is 30.9 Å². The Morgan fingerprint density at radius 2 is 1.84 bits per heavy atom. The van der Waals surface area contributed by atoms with E-state index in [9.17, 15) is 0 Å². The standard InChI is InChI=1S/C26H29N5O/c1-2-29-13-15-31(16-14-29)26-24-6-4-3-5-22(24)19-25(28-26)21-7-9-23(10-8-21)32-18-17-30-12-11-27-20-30/h3-12,19-20H,2,13-18H2,1H3/p+1. The topological polar surface area (TPSA) is 48.3 Å². The van der Waals surface area contributed by atoms with Gasteiger partial charge in [0.05, 0.1) is 5.69 Å². The fourth-order valence-corrected chi connectivity index (χ4v) is 4.30. The third-order valence-corrected chi connectivity index (χ3v) is 6.21. The first-order valence-electron chi connectivity index (χ1n) is 11.4. The molecular weight excluding hydrogens is 398 g/mol. The van der Waals surface area contributed by atoms with E-state index in [-0.39, 0.29) is 0 Å². The molecule has 2 aromatic heterocycles. The Kier molecular flexibility index (Phi) is 6.03. The summed E-state index contributed by atoms with van der Waals surface area (Å²) in [5, 5.41) is 2.46. The smallest absolute Gasteiger partial charge is 0.241 e. The number of anilines is 1. The SMILES string of the molecule is CCN1CCN(c2nc(-c3ccc(OCC[n+]4cc[nH]c4)cc3)cc3ccccc23)CC1. The highest BCUT2D eigenvalue weighted by Gasteiger charge is 2.19. The van der Waals surface area contributed by atoms with Gasteiger partial charge in [0.1, 0.15) is 37.1 Å². The maximum absolute atomic E-state index is 5.91. The Labute approximate surface area is 189 Å². The van der Waals surface area contributed by atoms with E-state index in [0.717, 1.165) is 62.1 Å². The molecule has 0 saturated carbocycles. The number of rotatable bonds is 7. The monoisotopic (exact) mass is 428 g/mol. The predicted molar refractivity (Wildman–Crippen MR) is 128 cm³/mol. The van der Waals surface area contributed by atoms with Crippen molar-refractivity contribution in [3.63, 3.8) is 0 Å². The number of imidazole rings is 1. The van der Waals surface area contributed by atoms with Crippen LogP contribution in [0.3, 0.4) is 0 Å². The highest BCUT2D eigenvalue weighted by Crippen LogP contribution is 2.31. The number of nitrogens with one attached hydrogen (secondary N) is 1. The van der Waals surface area contributed by atoms with Gasteiger partial charge in [0, 0.05) is 37.1 Å². The van der Waals surface area contributed by atoms with E-state index in [1.165, 1.54) is 10.8 Å². The summed E-state index contributed by atoms with van der Waals surface area (Å²) < 4.78 is 7.98. The fourth-order valence-electron chi connectivity index (χ4n) is 4.30. The molecule has 6 heteroatoms. The summed E-state index contributed by atoms with van der Waals surface area (Å²) in [5.74, 6) is 1.97. The van der Waals surface area contributed by atoms with E-state index in [1.54, 1.807) is 0 Å². The van der Waals surface area contributed by atoms with Crippen LogP contribution in [0.4, 0.5) is 5.82 Å². The average molecular weight is 429 g/mol. The van der Waals surface area contributed by atoms with Crippen molar-refractivity contribution in [2.75, 3.05) is 44.2 Å². The van der Waals surface area contributed by atoms with Crippen molar-refractivity contribution in [1.29, 1.82) is 0 Å². The average Bonchev–Trinajstić information content (AvgIpc) is 3.37. The van der Waals surface area contributed by atoms with Crippen molar-refractivity contribution in [3.8, 4) is 17.0 Å². The molecule has 164 valence electrons. The molecule has 3 heterocycles. The third kappa shape index (κ3) is 4.46. The van der Waals surface area contributed by atoms with Crippen LogP contribution in [0, 0.1) is 0 Å². The molecule has 0 spiro atoms. The Morgan fingerprint density at radius 3 is 2.59 bits per heavy atom. The van der Waals surface area contributed by atoms with Crippen molar-refractivity contribution in [2.24, 2.45) is 0 Å². The molecule has 1 fully saturated rings. The van der Waals surface area contributed by atoms with Gasteiger partial charge in [-0.3, -0.25) is 4.98 Å². The summed E-state index contributed by atoms with van der Waals surface area (Å²) in [5.41, 5.74) is 2.11. The van der Waals surface area contributed by atoms with Gasteiger partial charge in [-0.25, -0.2) is 9.55 Å². The maximum atomic E-state index is 5.91. The molecule has 6 nitrogen and oxygen atoms in total. The number of pyridine rings is 1. The molecule has 1 saturated heterocycles. The van der Waals surface area contributed by atoms with Crippen LogP contribution >= 0.6 is 0 Å². The molecule has 0 atom stereocenters. The van der Waals surface area contributed by atoms with Crippen LogP contribution in [-0.4, -0.2) is 54.2 Å². The summed E-state index contributed by atoms with van der Waals surface area (Å²) >= 11 is 0. The number of benzene rings is 2. The van der Waals surface area contributed by atoms with Crippen molar-refractivity contribution >= 4 is 16.6 Å². The lowest BCUT2D eigenvalue weighted by Gasteiger charge is -2.35. The number of H-pyrrole nitrogens is 1. The second-order valence-corrected chi connectivity index (χ2v) is 8.20. The number of nitrogens with zero attached hydrogens (tertiary/aromatic N) is 4. The normalized spacial score (nSPS) is 14.7. The minimum Gasteiger partial charge on any atom is -0.489 e. The minimum atomic E-state index is 0.629. The quantitative estimate of drug-likeness (QED) is 0.456. The third-order valence-electron chi connectivity index (χ3n) is 6.21. The molecule has 0 unspecified atom stereocenters. The van der Waals surface area contributed by atoms with Gasteiger partial charge in [-0.2, -0.15) is 0 Å². The second kappa shape index (κ2) is 9.40. The van der Waals surface area contributed by atoms with Crippen molar-refractivity contribution in [1.82, 2.24) is 14.9 Å². The van der Waals surface area contributed by atoms with Gasteiger partial charge in [-0.1, -0.05) is 31.2 Å². The van der Waals surface area contributed by atoms with Crippen molar-refractivity contribution in [2.45, 2.75) is 13.5 Å². The summed E-state index contributed by atoms with van der Waals surface area (Å²) in [6, 6.07) is 19.1. The molecule has 0 radical (unpaired) electrons. The molecule has 0 bridgehead atoms. The van der Waals surface area contributed by atoms with E-state index in [2.05, 4.69) is 68.7 Å². The van der Waals surface area contributed by atoms with E-state index < -0.39 is 0 Å². The molecule has 2 aromatic carbocycles. The number of fused-ring (bicyclic) bond motifs is 1. The number of piperazine rings is 1. The molecule has 0 amide bonds. The molecule has 5 rings (SSSR count). The van der Waals surface area contributed by atoms with Gasteiger partial charge in [0.15, 0.2) is 0 Å². The zero-order valence-electron chi connectivity index (χ0n) is 18.6. The van der Waals surface area contributed by atoms with Crippen LogP contribution in [0.25, 0.3) is 22.0 Å². The Bertz CT molecular complexity index is 1150. The Hall–Kier alpha value is -3.38. The zero-order valence-corrected chi connectivity index (χ0v) is 18.6. The lowest BCUT2D eigenvalue weighted by Crippen LogP contribution is -2.46. The maximum Gasteiger partial charge on any atom is 0.241 e. The number of hydrogen-bond donors (Lipinski definition) is 1. The predicted octanol–water partition coefficient (Wildman–Crippen LogP) is 3.74. The molecule has 0 aliphatic carbocycles. The minimum absolute atomic E-state index is 0.629. The lowest BCUT2D eigenvalue weighted by molar-refractivity contribution is -0.696. The number of aromatic amines is 1. The summed E-state index contributed by atoms with van der Waals surface area (Å²) in [4.78, 5) is 13.1. The van der Waals surface area contributed by atoms with Crippen LogP contribution in [0.1, 0.15) is 6.92 Å². The van der Waals surface area contributed by atoms with Gasteiger partial charge in [-0.05, 0) is 42.3 Å². The molecule has 1 aliphatic heterocycles. The zero-order chi connectivity index (χ0) is 21.8. The number of ether oxygens (including phenoxy) is 1. The first-order valence-corrected chi connectivity index (χ1v) is 11.4. The lowest BCUT2D eigenvalue weighted by atomic mass is 10.1. The van der Waals surface area contributed by atoms with Gasteiger partial charge in [0.25, 0.3) is 0 Å². The molecule has 1 aliphatic rings. The van der Waals surface area contributed by atoms with E-state index in [4.69, 9.17) is 9.72 Å². The highest BCUT2D eigenvalue weighted by atomic mass is 16.5. The largest absolute Gasteiger partial charge is 0.489 e. The van der Waals surface area contributed by atoms with Crippen LogP contribution in [0.2, 0.25) is 0 Å². The molecule has 1 N–H and O–H groups in total. The second-order valence-electron chi connectivity index (χ2n) is 8.20. The number of likely N-dealkylation sites (N-methyl/N-ethyl adjacent to an activating group) is 1. The first-order chi connectivity index (χ1) is 15.8. The van der Waals surface area contributed by atoms with Gasteiger partial charge >= 0.3 is 0 Å². The van der Waals surface area contributed by atoms with E-state index >= 15 is 0 Å². The van der Waals surface area contributed by atoms with E-state index in [0.29, 0.717) is 6.61 Å². The van der Waals surface area contributed by atoms with Gasteiger partial charge in [0.2, 0.25) is 6.33 Å². The first kappa shape index (κ1) is 20.5. The number of aromatic nitrogens is 3. The van der Waals surface area contributed by atoms with Crippen molar-refractivity contribution in [3.05, 3.63) is 73.3 Å². The van der Waals surface area contributed by atoms with Gasteiger partial charge in [-0.15, -0.1) is 0 Å². The van der Waals surface area contributed by atoms with Crippen LogP contribution < -0.4 is 14.2 Å². The Morgan fingerprint density at radius 1 is 1.03 bits per heavy atom. The summed E-state index contributed by atoms with van der Waals surface area (Å²) in [6.45, 7) is 8.99. The van der Waals surface area contributed by atoms with Crippen LogP contribution in [0.15, 0.2) is 73.3 Å². The van der Waals surface area contributed by atoms with Crippen LogP contribution in [0.5, 0.6) is 5.75 Å². The summed E-state index contributed by atoms with van der Waals surface area (Å²) in [6.07, 6.45) is 5.83. The Balaban J connectivity index is 1.36. The molecule has 32 heavy (non-hydrogen) atoms.